The monoisotopic (exact) mass is 241 g/mol. The number of carbonyl (C=O) groups excluding carboxylic acids is 1. The van der Waals surface area contributed by atoms with E-state index in [2.05, 4.69) is 4.98 Å². The first-order valence-corrected chi connectivity index (χ1v) is 5.95. The Hall–Kier alpha value is -1.01. The van der Waals surface area contributed by atoms with Crippen LogP contribution in [0.15, 0.2) is 11.4 Å². The molecule has 0 unspecified atom stereocenters. The van der Waals surface area contributed by atoms with Crippen LogP contribution in [-0.2, 0) is 11.8 Å². The van der Waals surface area contributed by atoms with E-state index >= 15 is 0 Å². The van der Waals surface area contributed by atoms with Gasteiger partial charge in [0.2, 0.25) is 0 Å². The molecule has 0 spiro atoms. The van der Waals surface area contributed by atoms with Crippen molar-refractivity contribution in [3.63, 3.8) is 0 Å². The summed E-state index contributed by atoms with van der Waals surface area (Å²) in [4.78, 5) is 17.6. The largest absolute Gasteiger partial charge is 0.379 e. The highest BCUT2D eigenvalue weighted by Crippen LogP contribution is 2.27. The fraction of sp³-hybridized carbons (Fsp3) is 0.600. The summed E-state index contributed by atoms with van der Waals surface area (Å²) in [5, 5.41) is 1.35. The van der Waals surface area contributed by atoms with E-state index in [4.69, 9.17) is 4.74 Å². The molecule has 1 fully saturated rings. The smallest absolute Gasteiger partial charge is 0.271 e. The number of aromatic nitrogens is 2. The zero-order chi connectivity index (χ0) is 11.7. The lowest BCUT2D eigenvalue weighted by Gasteiger charge is -2.24. The van der Waals surface area contributed by atoms with Gasteiger partial charge in [-0.3, -0.25) is 4.79 Å². The summed E-state index contributed by atoms with van der Waals surface area (Å²) in [6.07, 6.45) is 1.63. The number of hydrogen-bond donors (Lipinski definition) is 0. The molecule has 1 aliphatic rings. The highest BCUT2D eigenvalue weighted by atomic mass is 32.2. The molecule has 0 aromatic carbocycles. The van der Waals surface area contributed by atoms with Crippen molar-refractivity contribution in [3.05, 3.63) is 11.9 Å². The van der Waals surface area contributed by atoms with E-state index < -0.39 is 0 Å². The first-order valence-electron chi connectivity index (χ1n) is 5.07. The predicted octanol–water partition coefficient (Wildman–Crippen LogP) is 0.613. The van der Waals surface area contributed by atoms with Gasteiger partial charge in [-0.1, -0.05) is 11.8 Å². The van der Waals surface area contributed by atoms with Gasteiger partial charge >= 0.3 is 0 Å². The summed E-state index contributed by atoms with van der Waals surface area (Å²) < 4.78 is 6.95. The first-order chi connectivity index (χ1) is 7.59. The van der Waals surface area contributed by atoms with Gasteiger partial charge in [0, 0.05) is 21.1 Å². The Labute approximate surface area is 98.8 Å². The van der Waals surface area contributed by atoms with Gasteiger partial charge in [0.05, 0.1) is 24.7 Å². The number of ether oxygens (including phenoxy) is 1. The van der Waals surface area contributed by atoms with Gasteiger partial charge in [-0.2, -0.15) is 0 Å². The molecule has 1 aromatic heterocycles. The molecular formula is C10H15N3O2S. The molecule has 88 valence electrons. The van der Waals surface area contributed by atoms with E-state index in [9.17, 15) is 4.79 Å². The number of amides is 1. The van der Waals surface area contributed by atoms with Crippen molar-refractivity contribution in [1.29, 1.82) is 0 Å². The third kappa shape index (κ3) is 2.08. The van der Waals surface area contributed by atoms with Crippen molar-refractivity contribution < 1.29 is 9.53 Å². The number of thioether (sulfide) groups is 1. The van der Waals surface area contributed by atoms with Crippen molar-refractivity contribution in [2.75, 3.05) is 27.3 Å². The minimum atomic E-state index is -0.0216. The summed E-state index contributed by atoms with van der Waals surface area (Å²) in [6, 6.07) is 0. The van der Waals surface area contributed by atoms with Crippen LogP contribution in [0.1, 0.15) is 10.5 Å². The number of carbonyl (C=O) groups is 1. The maximum atomic E-state index is 11.8. The van der Waals surface area contributed by atoms with Crippen LogP contribution in [0.4, 0.5) is 0 Å². The van der Waals surface area contributed by atoms with Gasteiger partial charge in [0.25, 0.3) is 5.91 Å². The minimum absolute atomic E-state index is 0.0216. The normalized spacial score (nSPS) is 15.9. The van der Waals surface area contributed by atoms with Crippen LogP contribution in [0, 0.1) is 0 Å². The Balaban J connectivity index is 2.13. The summed E-state index contributed by atoms with van der Waals surface area (Å²) in [6.45, 7) is 1.54. The van der Waals surface area contributed by atoms with E-state index in [0.717, 1.165) is 18.4 Å². The summed E-state index contributed by atoms with van der Waals surface area (Å²) in [7, 11) is 5.34. The molecule has 2 rings (SSSR count). The Morgan fingerprint density at radius 1 is 1.62 bits per heavy atom. The Kier molecular flexibility index (Phi) is 3.20. The fourth-order valence-corrected chi connectivity index (χ4v) is 2.36. The van der Waals surface area contributed by atoms with E-state index in [1.54, 1.807) is 37.0 Å². The molecule has 1 aliphatic heterocycles. The average molecular weight is 241 g/mol. The zero-order valence-corrected chi connectivity index (χ0v) is 10.5. The number of rotatable bonds is 3. The topological polar surface area (TPSA) is 47.4 Å². The van der Waals surface area contributed by atoms with E-state index in [0.29, 0.717) is 10.9 Å². The maximum absolute atomic E-state index is 11.8. The summed E-state index contributed by atoms with van der Waals surface area (Å²) in [5.41, 5.74) is 0.618. The van der Waals surface area contributed by atoms with Crippen molar-refractivity contribution in [2.45, 2.75) is 10.4 Å². The third-order valence-corrected chi connectivity index (χ3v) is 3.65. The molecule has 16 heavy (non-hydrogen) atoms. The Bertz CT molecular complexity index is 399. The minimum Gasteiger partial charge on any atom is -0.379 e. The van der Waals surface area contributed by atoms with Crippen LogP contribution in [0.2, 0.25) is 0 Å². The van der Waals surface area contributed by atoms with Crippen LogP contribution in [0.5, 0.6) is 0 Å². The maximum Gasteiger partial charge on any atom is 0.271 e. The summed E-state index contributed by atoms with van der Waals surface area (Å²) in [5.74, 6) is -0.0216. The second-order valence-corrected chi connectivity index (χ2v) is 5.23. The predicted molar refractivity (Wildman–Crippen MR) is 61.7 cm³/mol. The first kappa shape index (κ1) is 11.5. The van der Waals surface area contributed by atoms with Gasteiger partial charge in [0.1, 0.15) is 5.69 Å². The average Bonchev–Trinajstić information content (AvgIpc) is 2.52. The van der Waals surface area contributed by atoms with E-state index in [-0.39, 0.29) is 5.91 Å². The van der Waals surface area contributed by atoms with E-state index in [1.165, 1.54) is 0 Å². The quantitative estimate of drug-likeness (QED) is 0.778. The lowest BCUT2D eigenvalue weighted by Crippen LogP contribution is -2.30. The Morgan fingerprint density at radius 2 is 2.31 bits per heavy atom. The third-order valence-electron chi connectivity index (χ3n) is 2.45. The fourth-order valence-electron chi connectivity index (χ4n) is 1.36. The van der Waals surface area contributed by atoms with Gasteiger partial charge in [0.15, 0.2) is 5.16 Å². The number of hydrogen-bond acceptors (Lipinski definition) is 4. The van der Waals surface area contributed by atoms with Crippen LogP contribution < -0.4 is 0 Å². The van der Waals surface area contributed by atoms with Crippen LogP contribution in [0.25, 0.3) is 0 Å². The Morgan fingerprint density at radius 3 is 2.81 bits per heavy atom. The SMILES string of the molecule is CN(C)C(=O)c1cnc(SC2COC2)n1C. The molecule has 1 saturated heterocycles. The van der Waals surface area contributed by atoms with Crippen LogP contribution in [0.3, 0.4) is 0 Å². The van der Waals surface area contributed by atoms with Crippen molar-refractivity contribution in [2.24, 2.45) is 7.05 Å². The molecule has 0 aliphatic carbocycles. The van der Waals surface area contributed by atoms with Gasteiger partial charge in [-0.25, -0.2) is 4.98 Å². The van der Waals surface area contributed by atoms with Crippen LogP contribution in [-0.4, -0.2) is 52.9 Å². The molecule has 5 nitrogen and oxygen atoms in total. The molecule has 1 aromatic rings. The molecule has 0 radical (unpaired) electrons. The van der Waals surface area contributed by atoms with Crippen molar-refractivity contribution in [3.8, 4) is 0 Å². The summed E-state index contributed by atoms with van der Waals surface area (Å²) >= 11 is 1.66. The van der Waals surface area contributed by atoms with Crippen molar-refractivity contribution >= 4 is 17.7 Å². The lowest BCUT2D eigenvalue weighted by atomic mass is 10.4. The highest BCUT2D eigenvalue weighted by molar-refractivity contribution is 7.99. The van der Waals surface area contributed by atoms with E-state index in [1.807, 2.05) is 11.6 Å². The standard InChI is InChI=1S/C10H15N3O2S/c1-12(2)9(14)8-4-11-10(13(8)3)16-7-5-15-6-7/h4,7H,5-6H2,1-3H3. The molecule has 0 saturated carbocycles. The second kappa shape index (κ2) is 4.47. The van der Waals surface area contributed by atoms with Gasteiger partial charge in [-0.15, -0.1) is 0 Å². The molecule has 0 bridgehead atoms. The molecule has 6 heteroatoms. The second-order valence-electron chi connectivity index (χ2n) is 3.96. The molecular weight excluding hydrogens is 226 g/mol. The highest BCUT2D eigenvalue weighted by Gasteiger charge is 2.23. The van der Waals surface area contributed by atoms with Crippen LogP contribution >= 0.6 is 11.8 Å². The number of imidazole rings is 1. The zero-order valence-electron chi connectivity index (χ0n) is 9.64. The number of nitrogens with zero attached hydrogens (tertiary/aromatic N) is 3. The van der Waals surface area contributed by atoms with Gasteiger partial charge < -0.3 is 14.2 Å². The van der Waals surface area contributed by atoms with Crippen molar-refractivity contribution in [1.82, 2.24) is 14.5 Å². The molecule has 1 amide bonds. The lowest BCUT2D eigenvalue weighted by molar-refractivity contribution is 0.0453. The molecule has 0 N–H and O–H groups in total. The molecule has 2 heterocycles. The van der Waals surface area contributed by atoms with Gasteiger partial charge in [-0.05, 0) is 0 Å². The molecule has 0 atom stereocenters.